The van der Waals surface area contributed by atoms with Crippen LogP contribution in [0.5, 0.6) is 0 Å². The Labute approximate surface area is 62.3 Å². The van der Waals surface area contributed by atoms with Crippen LogP contribution in [0.3, 0.4) is 0 Å². The molecule has 1 unspecified atom stereocenters. The molecule has 0 heterocycles. The Balaban J connectivity index is 4.23. The van der Waals surface area contributed by atoms with Crippen LogP contribution in [0.1, 0.15) is 34.6 Å². The first-order valence-electron chi connectivity index (χ1n) is 3.57. The van der Waals surface area contributed by atoms with Crippen LogP contribution < -0.4 is 0 Å². The highest BCUT2D eigenvalue weighted by atomic mass is 19.2. The maximum atomic E-state index is 12.8. The van der Waals surface area contributed by atoms with Crippen molar-refractivity contribution >= 4 is 0 Å². The average molecular weight is 148 g/mol. The van der Waals surface area contributed by atoms with Gasteiger partial charge in [0.15, 0.2) is 0 Å². The zero-order valence-electron chi connectivity index (χ0n) is 7.40. The molecule has 0 saturated heterocycles. The molecule has 0 saturated carbocycles. The lowest BCUT2D eigenvalue weighted by Gasteiger charge is -2.33. The highest BCUT2D eigenvalue weighted by Gasteiger charge is 2.36. The second-order valence-corrected chi connectivity index (χ2v) is 4.11. The number of aliphatic hydroxyl groups is 1. The molecule has 0 aliphatic carbocycles. The summed E-state index contributed by atoms with van der Waals surface area (Å²) in [7, 11) is 0. The number of alkyl halides is 1. The Bertz CT molecular complexity index is 93.4. The normalized spacial score (nSPS) is 21.9. The third-order valence-corrected chi connectivity index (χ3v) is 2.09. The molecule has 0 aromatic rings. The van der Waals surface area contributed by atoms with Crippen LogP contribution in [0.25, 0.3) is 0 Å². The monoisotopic (exact) mass is 148 g/mol. The van der Waals surface area contributed by atoms with E-state index in [1.807, 2.05) is 20.8 Å². The molecule has 10 heavy (non-hydrogen) atoms. The molecule has 2 atom stereocenters. The van der Waals surface area contributed by atoms with Crippen LogP contribution in [0.4, 0.5) is 4.39 Å². The summed E-state index contributed by atoms with van der Waals surface area (Å²) in [6, 6.07) is 0. The number of halogens is 1. The van der Waals surface area contributed by atoms with Crippen molar-refractivity contribution in [3.63, 3.8) is 0 Å². The fraction of sp³-hybridized carbons (Fsp3) is 1.00. The summed E-state index contributed by atoms with van der Waals surface area (Å²) in [6.45, 7) is 8.63. The van der Waals surface area contributed by atoms with Crippen molar-refractivity contribution in [3.8, 4) is 0 Å². The van der Waals surface area contributed by atoms with Gasteiger partial charge < -0.3 is 5.11 Å². The van der Waals surface area contributed by atoms with Crippen molar-refractivity contribution in [2.75, 3.05) is 0 Å². The third-order valence-electron chi connectivity index (χ3n) is 2.09. The van der Waals surface area contributed by atoms with Gasteiger partial charge in [0.05, 0.1) is 0 Å². The minimum atomic E-state index is -2.06. The molecule has 0 radical (unpaired) electrons. The maximum absolute atomic E-state index is 12.8. The van der Waals surface area contributed by atoms with Gasteiger partial charge in [-0.05, 0) is 12.3 Å². The van der Waals surface area contributed by atoms with Gasteiger partial charge in [-0.15, -0.1) is 0 Å². The largest absolute Gasteiger partial charge is 0.362 e. The fourth-order valence-corrected chi connectivity index (χ4v) is 0.790. The molecule has 1 nitrogen and oxygen atoms in total. The molecule has 0 amide bonds. The second kappa shape index (κ2) is 2.50. The van der Waals surface area contributed by atoms with Crippen LogP contribution in [-0.2, 0) is 0 Å². The van der Waals surface area contributed by atoms with Gasteiger partial charge >= 0.3 is 0 Å². The first kappa shape index (κ1) is 9.89. The van der Waals surface area contributed by atoms with Gasteiger partial charge in [0.1, 0.15) is 0 Å². The molecule has 0 aromatic carbocycles. The van der Waals surface area contributed by atoms with E-state index in [4.69, 9.17) is 5.11 Å². The zero-order chi connectivity index (χ0) is 8.58. The van der Waals surface area contributed by atoms with Crippen LogP contribution in [0, 0.1) is 11.3 Å². The third kappa shape index (κ3) is 2.65. The highest BCUT2D eigenvalue weighted by molar-refractivity contribution is 4.78. The van der Waals surface area contributed by atoms with Gasteiger partial charge in [0.2, 0.25) is 5.85 Å². The smallest absolute Gasteiger partial charge is 0.206 e. The van der Waals surface area contributed by atoms with Crippen molar-refractivity contribution in [2.45, 2.75) is 40.5 Å². The Morgan fingerprint density at radius 2 is 1.50 bits per heavy atom. The Morgan fingerprint density at radius 1 is 1.20 bits per heavy atom. The van der Waals surface area contributed by atoms with Crippen LogP contribution in [-0.4, -0.2) is 11.0 Å². The van der Waals surface area contributed by atoms with Gasteiger partial charge in [-0.2, -0.15) is 0 Å². The SMILES string of the molecule is C[C@@H](C(C)(C)C)C(C)(O)F. The van der Waals surface area contributed by atoms with Gasteiger partial charge in [-0.3, -0.25) is 0 Å². The van der Waals surface area contributed by atoms with E-state index in [1.165, 1.54) is 6.92 Å². The topological polar surface area (TPSA) is 20.2 Å². The summed E-state index contributed by atoms with van der Waals surface area (Å²) < 4.78 is 12.8. The number of rotatable bonds is 1. The molecule has 1 N–H and O–H groups in total. The molecule has 0 rings (SSSR count). The van der Waals surface area contributed by atoms with E-state index in [2.05, 4.69) is 0 Å². The van der Waals surface area contributed by atoms with Crippen molar-refractivity contribution in [1.82, 2.24) is 0 Å². The number of hydrogen-bond acceptors (Lipinski definition) is 1. The van der Waals surface area contributed by atoms with E-state index in [-0.39, 0.29) is 11.3 Å². The van der Waals surface area contributed by atoms with Crippen LogP contribution in [0.2, 0.25) is 0 Å². The first-order chi connectivity index (χ1) is 4.15. The van der Waals surface area contributed by atoms with Gasteiger partial charge in [0.25, 0.3) is 0 Å². The van der Waals surface area contributed by atoms with Gasteiger partial charge in [-0.1, -0.05) is 27.7 Å². The van der Waals surface area contributed by atoms with Crippen LogP contribution in [0.15, 0.2) is 0 Å². The van der Waals surface area contributed by atoms with Crippen molar-refractivity contribution < 1.29 is 9.50 Å². The molecular weight excluding hydrogens is 131 g/mol. The first-order valence-corrected chi connectivity index (χ1v) is 3.57. The highest BCUT2D eigenvalue weighted by Crippen LogP contribution is 2.34. The molecule has 0 aromatic heterocycles. The van der Waals surface area contributed by atoms with E-state index in [9.17, 15) is 4.39 Å². The summed E-state index contributed by atoms with van der Waals surface area (Å²) in [5.74, 6) is -2.40. The molecule has 0 aliphatic heterocycles. The van der Waals surface area contributed by atoms with Crippen LogP contribution >= 0.6 is 0 Å². The standard InChI is InChI=1S/C8H17FO/c1-6(7(2,3)4)8(5,9)10/h6,10H,1-5H3/t6-,8?/m0/s1. The van der Waals surface area contributed by atoms with E-state index >= 15 is 0 Å². The molecule has 2 heteroatoms. The summed E-state index contributed by atoms with van der Waals surface area (Å²) in [6.07, 6.45) is 0. The quantitative estimate of drug-likeness (QED) is 0.605. The Morgan fingerprint density at radius 3 is 1.50 bits per heavy atom. The summed E-state index contributed by atoms with van der Waals surface area (Å²) in [5.41, 5.74) is -0.182. The zero-order valence-corrected chi connectivity index (χ0v) is 7.40. The lowest BCUT2D eigenvalue weighted by molar-refractivity contribution is -0.142. The van der Waals surface area contributed by atoms with E-state index in [0.29, 0.717) is 0 Å². The van der Waals surface area contributed by atoms with Gasteiger partial charge in [-0.25, -0.2) is 4.39 Å². The summed E-state index contributed by atoms with van der Waals surface area (Å²) >= 11 is 0. The maximum Gasteiger partial charge on any atom is 0.206 e. The lowest BCUT2D eigenvalue weighted by Crippen LogP contribution is -2.36. The van der Waals surface area contributed by atoms with E-state index < -0.39 is 5.85 Å². The second-order valence-electron chi connectivity index (χ2n) is 4.11. The summed E-state index contributed by atoms with van der Waals surface area (Å²) in [4.78, 5) is 0. The van der Waals surface area contributed by atoms with Crippen molar-refractivity contribution in [3.05, 3.63) is 0 Å². The Kier molecular flexibility index (Phi) is 2.47. The van der Waals surface area contributed by atoms with Crippen molar-refractivity contribution in [1.29, 1.82) is 0 Å². The minimum absolute atomic E-state index is 0.182. The van der Waals surface area contributed by atoms with E-state index in [1.54, 1.807) is 6.92 Å². The fourth-order valence-electron chi connectivity index (χ4n) is 0.790. The van der Waals surface area contributed by atoms with Crippen molar-refractivity contribution in [2.24, 2.45) is 11.3 Å². The molecule has 0 fully saturated rings. The van der Waals surface area contributed by atoms with Gasteiger partial charge in [0, 0.05) is 5.92 Å². The molecule has 0 spiro atoms. The minimum Gasteiger partial charge on any atom is -0.362 e. The molecular formula is C8H17FO. The molecule has 0 aliphatic rings. The predicted octanol–water partition coefficient (Wildman–Crippen LogP) is 2.35. The predicted molar refractivity (Wildman–Crippen MR) is 40.4 cm³/mol. The average Bonchev–Trinajstić information content (AvgIpc) is 1.59. The Hall–Kier alpha value is -0.110. The number of hydrogen-bond donors (Lipinski definition) is 1. The molecule has 62 valence electrons. The van der Waals surface area contributed by atoms with E-state index in [0.717, 1.165) is 0 Å². The summed E-state index contributed by atoms with van der Waals surface area (Å²) in [5, 5.41) is 8.96. The lowest BCUT2D eigenvalue weighted by atomic mass is 9.78. The molecule has 0 bridgehead atoms.